The molecule has 0 saturated carbocycles. The molecule has 0 aliphatic carbocycles. The van der Waals surface area contributed by atoms with E-state index in [-0.39, 0.29) is 12.5 Å². The lowest BCUT2D eigenvalue weighted by Gasteiger charge is -2.12. The van der Waals surface area contributed by atoms with Crippen LogP contribution in [0.3, 0.4) is 0 Å². The van der Waals surface area contributed by atoms with Crippen LogP contribution in [-0.2, 0) is 11.4 Å². The Morgan fingerprint density at radius 1 is 0.917 bits per heavy atom. The molecule has 0 atom stereocenters. The van der Waals surface area contributed by atoms with E-state index in [1.54, 1.807) is 6.07 Å². The van der Waals surface area contributed by atoms with Gasteiger partial charge >= 0.3 is 0 Å². The number of nitrogens with one attached hydrogen (secondary N) is 1. The Balaban J connectivity index is 1.81. The summed E-state index contributed by atoms with van der Waals surface area (Å²) in [6, 6.07) is 17.2. The van der Waals surface area contributed by atoms with Crippen molar-refractivity contribution >= 4 is 5.91 Å². The zero-order valence-corrected chi connectivity index (χ0v) is 13.7. The maximum Gasteiger partial charge on any atom is 0.257 e. The van der Waals surface area contributed by atoms with E-state index >= 15 is 0 Å². The fraction of sp³-hybridized carbons (Fsp3) is 0.316. The van der Waals surface area contributed by atoms with E-state index in [2.05, 4.69) is 5.32 Å². The third-order valence-electron chi connectivity index (χ3n) is 3.40. The van der Waals surface area contributed by atoms with Gasteiger partial charge in [-0.1, -0.05) is 42.5 Å². The van der Waals surface area contributed by atoms with Gasteiger partial charge in [0, 0.05) is 6.54 Å². The van der Waals surface area contributed by atoms with E-state index in [9.17, 15) is 4.79 Å². The lowest BCUT2D eigenvalue weighted by molar-refractivity contribution is -0.123. The molecule has 3 N–H and O–H groups in total. The molecule has 5 nitrogen and oxygen atoms in total. The van der Waals surface area contributed by atoms with Gasteiger partial charge in [-0.15, -0.1) is 0 Å². The maximum atomic E-state index is 11.8. The molecule has 0 unspecified atom stereocenters. The van der Waals surface area contributed by atoms with Crippen LogP contribution in [-0.4, -0.2) is 25.6 Å². The Kier molecular flexibility index (Phi) is 7.63. The second-order valence-corrected chi connectivity index (χ2v) is 5.36. The molecule has 0 aromatic heterocycles. The number of nitrogens with two attached hydrogens (primary N) is 1. The van der Waals surface area contributed by atoms with Crippen LogP contribution in [0.4, 0.5) is 0 Å². The molecule has 128 valence electrons. The Morgan fingerprint density at radius 2 is 1.58 bits per heavy atom. The standard InChI is InChI=1S/C19H24N2O3/c20-12-6-7-13-21-19(22)15-24-18-11-5-4-10-17(18)23-14-16-8-2-1-3-9-16/h1-5,8-11H,6-7,12-15,20H2,(H,21,22). The van der Waals surface area contributed by atoms with E-state index in [4.69, 9.17) is 15.2 Å². The summed E-state index contributed by atoms with van der Waals surface area (Å²) < 4.78 is 11.4. The number of hydrogen-bond acceptors (Lipinski definition) is 4. The number of unbranched alkanes of at least 4 members (excludes halogenated alkanes) is 1. The number of amides is 1. The van der Waals surface area contributed by atoms with Gasteiger partial charge in [0.25, 0.3) is 5.91 Å². The Hall–Kier alpha value is -2.53. The number of para-hydroxylation sites is 2. The van der Waals surface area contributed by atoms with Gasteiger partial charge in [-0.05, 0) is 37.1 Å². The Bertz CT molecular complexity index is 617. The molecule has 2 aromatic rings. The molecule has 2 rings (SSSR count). The molecular formula is C19H24N2O3. The molecule has 2 aromatic carbocycles. The largest absolute Gasteiger partial charge is 0.485 e. The average molecular weight is 328 g/mol. The highest BCUT2D eigenvalue weighted by Gasteiger charge is 2.07. The van der Waals surface area contributed by atoms with Gasteiger partial charge in [0.2, 0.25) is 0 Å². The van der Waals surface area contributed by atoms with E-state index in [1.165, 1.54) is 0 Å². The van der Waals surface area contributed by atoms with E-state index < -0.39 is 0 Å². The number of carbonyl (C=O) groups excluding carboxylic acids is 1. The molecular weight excluding hydrogens is 304 g/mol. The summed E-state index contributed by atoms with van der Waals surface area (Å²) in [6.45, 7) is 1.67. The molecule has 0 heterocycles. The number of benzene rings is 2. The van der Waals surface area contributed by atoms with Crippen LogP contribution < -0.4 is 20.5 Å². The minimum Gasteiger partial charge on any atom is -0.485 e. The predicted molar refractivity (Wildman–Crippen MR) is 94.0 cm³/mol. The fourth-order valence-corrected chi connectivity index (χ4v) is 2.12. The first-order valence-corrected chi connectivity index (χ1v) is 8.15. The molecule has 0 radical (unpaired) electrons. The minimum absolute atomic E-state index is 0.0334. The van der Waals surface area contributed by atoms with Crippen molar-refractivity contribution in [1.29, 1.82) is 0 Å². The third-order valence-corrected chi connectivity index (χ3v) is 3.40. The molecule has 0 aliphatic heterocycles. The van der Waals surface area contributed by atoms with Crippen LogP contribution in [0.2, 0.25) is 0 Å². The molecule has 5 heteroatoms. The summed E-state index contributed by atoms with van der Waals surface area (Å²) in [7, 11) is 0. The molecule has 0 fully saturated rings. The van der Waals surface area contributed by atoms with E-state index in [0.29, 0.717) is 31.2 Å². The van der Waals surface area contributed by atoms with Crippen molar-refractivity contribution in [2.45, 2.75) is 19.4 Å². The van der Waals surface area contributed by atoms with Gasteiger partial charge in [-0.25, -0.2) is 0 Å². The monoisotopic (exact) mass is 328 g/mol. The summed E-state index contributed by atoms with van der Waals surface area (Å²) in [5.74, 6) is 1.03. The zero-order valence-electron chi connectivity index (χ0n) is 13.7. The molecule has 24 heavy (non-hydrogen) atoms. The van der Waals surface area contributed by atoms with Crippen LogP contribution in [0.1, 0.15) is 18.4 Å². The highest BCUT2D eigenvalue weighted by molar-refractivity contribution is 5.77. The maximum absolute atomic E-state index is 11.8. The summed E-state index contributed by atoms with van der Waals surface area (Å²) in [4.78, 5) is 11.8. The molecule has 0 saturated heterocycles. The van der Waals surface area contributed by atoms with Gasteiger partial charge in [-0.3, -0.25) is 4.79 Å². The topological polar surface area (TPSA) is 73.6 Å². The number of rotatable bonds is 10. The smallest absolute Gasteiger partial charge is 0.257 e. The fourth-order valence-electron chi connectivity index (χ4n) is 2.12. The number of hydrogen-bond donors (Lipinski definition) is 2. The van der Waals surface area contributed by atoms with Crippen molar-refractivity contribution in [2.24, 2.45) is 5.73 Å². The molecule has 0 aliphatic rings. The van der Waals surface area contributed by atoms with Gasteiger partial charge < -0.3 is 20.5 Å². The van der Waals surface area contributed by atoms with Crippen molar-refractivity contribution in [2.75, 3.05) is 19.7 Å². The molecule has 1 amide bonds. The van der Waals surface area contributed by atoms with Crippen molar-refractivity contribution in [3.63, 3.8) is 0 Å². The van der Waals surface area contributed by atoms with Crippen molar-refractivity contribution in [3.8, 4) is 11.5 Å². The van der Waals surface area contributed by atoms with E-state index in [0.717, 1.165) is 18.4 Å². The van der Waals surface area contributed by atoms with Crippen LogP contribution in [0.25, 0.3) is 0 Å². The van der Waals surface area contributed by atoms with Crippen molar-refractivity contribution in [3.05, 3.63) is 60.2 Å². The SMILES string of the molecule is NCCCCNC(=O)COc1ccccc1OCc1ccccc1. The normalized spacial score (nSPS) is 10.2. The summed E-state index contributed by atoms with van der Waals surface area (Å²) in [5.41, 5.74) is 6.49. The van der Waals surface area contributed by atoms with Crippen molar-refractivity contribution in [1.82, 2.24) is 5.32 Å². The Labute approximate surface area is 142 Å². The lowest BCUT2D eigenvalue weighted by atomic mass is 10.2. The highest BCUT2D eigenvalue weighted by Crippen LogP contribution is 2.27. The average Bonchev–Trinajstić information content (AvgIpc) is 2.63. The lowest BCUT2D eigenvalue weighted by Crippen LogP contribution is -2.30. The van der Waals surface area contributed by atoms with Crippen LogP contribution in [0.15, 0.2) is 54.6 Å². The summed E-state index contributed by atoms with van der Waals surface area (Å²) >= 11 is 0. The first-order chi connectivity index (χ1) is 11.8. The van der Waals surface area contributed by atoms with Gasteiger partial charge in [0.1, 0.15) is 6.61 Å². The van der Waals surface area contributed by atoms with Crippen molar-refractivity contribution < 1.29 is 14.3 Å². The first-order valence-electron chi connectivity index (χ1n) is 8.15. The quantitative estimate of drug-likeness (QED) is 0.657. The third kappa shape index (κ3) is 6.30. The van der Waals surface area contributed by atoms with Gasteiger partial charge in [0.05, 0.1) is 0 Å². The Morgan fingerprint density at radius 3 is 2.29 bits per heavy atom. The molecule has 0 spiro atoms. The number of ether oxygens (including phenoxy) is 2. The van der Waals surface area contributed by atoms with Crippen LogP contribution in [0, 0.1) is 0 Å². The summed E-state index contributed by atoms with van der Waals surface area (Å²) in [5, 5.41) is 2.80. The summed E-state index contributed by atoms with van der Waals surface area (Å²) in [6.07, 6.45) is 1.77. The predicted octanol–water partition coefficient (Wildman–Crippen LogP) is 2.50. The zero-order chi connectivity index (χ0) is 17.0. The van der Waals surface area contributed by atoms with Gasteiger partial charge in [0.15, 0.2) is 18.1 Å². The highest BCUT2D eigenvalue weighted by atomic mass is 16.5. The van der Waals surface area contributed by atoms with E-state index in [1.807, 2.05) is 48.5 Å². The minimum atomic E-state index is -0.148. The van der Waals surface area contributed by atoms with Crippen LogP contribution >= 0.6 is 0 Å². The molecule has 0 bridgehead atoms. The van der Waals surface area contributed by atoms with Gasteiger partial charge in [-0.2, -0.15) is 0 Å². The first kappa shape index (κ1) is 17.8. The van der Waals surface area contributed by atoms with Crippen LogP contribution in [0.5, 0.6) is 11.5 Å². The second kappa shape index (κ2) is 10.3. The number of carbonyl (C=O) groups is 1. The second-order valence-electron chi connectivity index (χ2n) is 5.36.